The summed E-state index contributed by atoms with van der Waals surface area (Å²) in [6.45, 7) is 1.94. The normalized spacial score (nSPS) is 11.9. The SMILES string of the molecule is Cc1ccccc1[C@H](CC(=O)O)CC(=O)c1ccccc1. The maximum absolute atomic E-state index is 12.3. The molecule has 2 aromatic carbocycles. The molecule has 0 fully saturated rings. The fourth-order valence-corrected chi connectivity index (χ4v) is 2.51. The third-order valence-electron chi connectivity index (χ3n) is 3.58. The molecule has 0 aromatic heterocycles. The number of Topliss-reactive ketones (excluding diaryl/α,β-unsaturated/α-hetero) is 1. The van der Waals surface area contributed by atoms with Gasteiger partial charge in [-0.05, 0) is 18.1 Å². The molecule has 1 atom stereocenters. The summed E-state index contributed by atoms with van der Waals surface area (Å²) in [5, 5.41) is 9.11. The van der Waals surface area contributed by atoms with E-state index in [1.165, 1.54) is 0 Å². The first kappa shape index (κ1) is 15.0. The van der Waals surface area contributed by atoms with Crippen molar-refractivity contribution in [1.82, 2.24) is 0 Å². The Balaban J connectivity index is 2.23. The van der Waals surface area contributed by atoms with Crippen LogP contribution in [-0.2, 0) is 4.79 Å². The van der Waals surface area contributed by atoms with Crippen LogP contribution in [0.1, 0.15) is 40.2 Å². The number of aryl methyl sites for hydroxylation is 1. The predicted octanol–water partition coefficient (Wildman–Crippen LogP) is 3.83. The predicted molar refractivity (Wildman–Crippen MR) is 81.6 cm³/mol. The third-order valence-corrected chi connectivity index (χ3v) is 3.58. The fourth-order valence-electron chi connectivity index (χ4n) is 2.51. The first-order chi connectivity index (χ1) is 10.1. The van der Waals surface area contributed by atoms with Crippen molar-refractivity contribution >= 4 is 11.8 Å². The van der Waals surface area contributed by atoms with E-state index in [1.807, 2.05) is 49.4 Å². The second-order valence-corrected chi connectivity index (χ2v) is 5.14. The highest BCUT2D eigenvalue weighted by atomic mass is 16.4. The lowest BCUT2D eigenvalue weighted by Crippen LogP contribution is -2.13. The highest BCUT2D eigenvalue weighted by Gasteiger charge is 2.21. The van der Waals surface area contributed by atoms with Crippen molar-refractivity contribution in [2.75, 3.05) is 0 Å². The van der Waals surface area contributed by atoms with E-state index in [0.29, 0.717) is 5.56 Å². The number of hydrogen-bond donors (Lipinski definition) is 1. The Morgan fingerprint density at radius 3 is 2.19 bits per heavy atom. The molecule has 3 heteroatoms. The zero-order chi connectivity index (χ0) is 15.2. The number of carboxylic acids is 1. The van der Waals surface area contributed by atoms with Crippen LogP contribution in [-0.4, -0.2) is 16.9 Å². The molecule has 2 rings (SSSR count). The quantitative estimate of drug-likeness (QED) is 0.819. The van der Waals surface area contributed by atoms with Crippen molar-refractivity contribution < 1.29 is 14.7 Å². The lowest BCUT2D eigenvalue weighted by atomic mass is 9.86. The molecule has 0 aliphatic rings. The second kappa shape index (κ2) is 6.84. The van der Waals surface area contributed by atoms with Crippen LogP contribution >= 0.6 is 0 Å². The van der Waals surface area contributed by atoms with E-state index in [9.17, 15) is 9.59 Å². The topological polar surface area (TPSA) is 54.4 Å². The zero-order valence-electron chi connectivity index (χ0n) is 12.0. The average molecular weight is 282 g/mol. The smallest absolute Gasteiger partial charge is 0.303 e. The number of aliphatic carboxylic acids is 1. The summed E-state index contributed by atoms with van der Waals surface area (Å²) in [5.41, 5.74) is 2.58. The van der Waals surface area contributed by atoms with Crippen LogP contribution in [0.25, 0.3) is 0 Å². The van der Waals surface area contributed by atoms with Crippen molar-refractivity contribution in [3.05, 3.63) is 71.3 Å². The van der Waals surface area contributed by atoms with Gasteiger partial charge in [0.2, 0.25) is 0 Å². The summed E-state index contributed by atoms with van der Waals surface area (Å²) < 4.78 is 0. The number of hydrogen-bond acceptors (Lipinski definition) is 2. The van der Waals surface area contributed by atoms with Gasteiger partial charge in [0.05, 0.1) is 6.42 Å². The Bertz CT molecular complexity index is 632. The lowest BCUT2D eigenvalue weighted by molar-refractivity contribution is -0.137. The highest BCUT2D eigenvalue weighted by molar-refractivity contribution is 5.96. The van der Waals surface area contributed by atoms with Crippen LogP contribution < -0.4 is 0 Å². The van der Waals surface area contributed by atoms with Crippen LogP contribution in [0.3, 0.4) is 0 Å². The maximum Gasteiger partial charge on any atom is 0.303 e. The fraction of sp³-hybridized carbons (Fsp3) is 0.222. The standard InChI is InChI=1S/C18H18O3/c1-13-7-5-6-10-16(13)15(12-18(20)21)11-17(19)14-8-3-2-4-9-14/h2-10,15H,11-12H2,1H3,(H,20,21)/t15-/m0/s1. The van der Waals surface area contributed by atoms with Gasteiger partial charge in [-0.25, -0.2) is 0 Å². The first-order valence-electron chi connectivity index (χ1n) is 6.93. The number of ketones is 1. The minimum Gasteiger partial charge on any atom is -0.481 e. The van der Waals surface area contributed by atoms with Crippen molar-refractivity contribution in [1.29, 1.82) is 0 Å². The molecular weight excluding hydrogens is 264 g/mol. The van der Waals surface area contributed by atoms with Crippen LogP contribution in [0.4, 0.5) is 0 Å². The van der Waals surface area contributed by atoms with Gasteiger partial charge in [-0.2, -0.15) is 0 Å². The summed E-state index contributed by atoms with van der Waals surface area (Å²) in [6, 6.07) is 16.6. The molecule has 3 nitrogen and oxygen atoms in total. The molecule has 0 unspecified atom stereocenters. The van der Waals surface area contributed by atoms with Gasteiger partial charge in [-0.1, -0.05) is 54.6 Å². The van der Waals surface area contributed by atoms with Gasteiger partial charge in [-0.15, -0.1) is 0 Å². The van der Waals surface area contributed by atoms with E-state index in [-0.39, 0.29) is 24.5 Å². The molecule has 2 aromatic rings. The molecule has 0 bridgehead atoms. The summed E-state index contributed by atoms with van der Waals surface area (Å²) in [5.74, 6) is -1.20. The minimum absolute atomic E-state index is 0.0231. The molecule has 0 aliphatic carbocycles. The van der Waals surface area contributed by atoms with Gasteiger partial charge in [0.15, 0.2) is 5.78 Å². The Morgan fingerprint density at radius 2 is 1.57 bits per heavy atom. The summed E-state index contributed by atoms with van der Waals surface area (Å²) in [4.78, 5) is 23.4. The largest absolute Gasteiger partial charge is 0.481 e. The van der Waals surface area contributed by atoms with Crippen LogP contribution in [0.5, 0.6) is 0 Å². The highest BCUT2D eigenvalue weighted by Crippen LogP contribution is 2.28. The Labute approximate surface area is 124 Å². The third kappa shape index (κ3) is 4.02. The van der Waals surface area contributed by atoms with Crippen molar-refractivity contribution in [2.24, 2.45) is 0 Å². The molecule has 0 aliphatic heterocycles. The molecular formula is C18H18O3. The Morgan fingerprint density at radius 1 is 0.952 bits per heavy atom. The Kier molecular flexibility index (Phi) is 4.88. The number of rotatable bonds is 6. The summed E-state index contributed by atoms with van der Waals surface area (Å²) >= 11 is 0. The molecule has 1 N–H and O–H groups in total. The van der Waals surface area contributed by atoms with Crippen molar-refractivity contribution in [3.63, 3.8) is 0 Å². The van der Waals surface area contributed by atoms with Gasteiger partial charge in [0, 0.05) is 17.9 Å². The van der Waals surface area contributed by atoms with Gasteiger partial charge >= 0.3 is 5.97 Å². The summed E-state index contributed by atoms with van der Waals surface area (Å²) in [7, 11) is 0. The molecule has 108 valence electrons. The van der Waals surface area contributed by atoms with E-state index in [1.54, 1.807) is 12.1 Å². The molecule has 0 saturated heterocycles. The Hall–Kier alpha value is -2.42. The minimum atomic E-state index is -0.885. The van der Waals surface area contributed by atoms with E-state index in [2.05, 4.69) is 0 Å². The first-order valence-corrected chi connectivity index (χ1v) is 6.93. The lowest BCUT2D eigenvalue weighted by Gasteiger charge is -2.17. The molecule has 21 heavy (non-hydrogen) atoms. The number of carboxylic acid groups (broad SMARTS) is 1. The number of benzene rings is 2. The van der Waals surface area contributed by atoms with E-state index in [0.717, 1.165) is 11.1 Å². The molecule has 0 spiro atoms. The van der Waals surface area contributed by atoms with Gasteiger partial charge in [0.25, 0.3) is 0 Å². The van der Waals surface area contributed by atoms with Crippen LogP contribution in [0, 0.1) is 6.92 Å². The average Bonchev–Trinajstić information content (AvgIpc) is 2.47. The van der Waals surface area contributed by atoms with Crippen LogP contribution in [0.2, 0.25) is 0 Å². The molecule has 0 amide bonds. The molecule has 0 saturated carbocycles. The number of carbonyl (C=O) groups excluding carboxylic acids is 1. The molecule has 0 radical (unpaired) electrons. The monoisotopic (exact) mass is 282 g/mol. The van der Waals surface area contributed by atoms with Crippen LogP contribution in [0.15, 0.2) is 54.6 Å². The second-order valence-electron chi connectivity index (χ2n) is 5.14. The van der Waals surface area contributed by atoms with E-state index >= 15 is 0 Å². The van der Waals surface area contributed by atoms with Gasteiger partial charge in [0.1, 0.15) is 0 Å². The summed E-state index contributed by atoms with van der Waals surface area (Å²) in [6.07, 6.45) is 0.171. The molecule has 0 heterocycles. The van der Waals surface area contributed by atoms with Gasteiger partial charge < -0.3 is 5.11 Å². The van der Waals surface area contributed by atoms with E-state index in [4.69, 9.17) is 5.11 Å². The zero-order valence-corrected chi connectivity index (χ0v) is 12.0. The van der Waals surface area contributed by atoms with Crippen molar-refractivity contribution in [2.45, 2.75) is 25.7 Å². The number of carbonyl (C=O) groups is 2. The maximum atomic E-state index is 12.3. The van der Waals surface area contributed by atoms with Crippen molar-refractivity contribution in [3.8, 4) is 0 Å². The van der Waals surface area contributed by atoms with E-state index < -0.39 is 5.97 Å². The van der Waals surface area contributed by atoms with Gasteiger partial charge in [-0.3, -0.25) is 9.59 Å².